The molecule has 5 nitrogen and oxygen atoms in total. The first-order chi connectivity index (χ1) is 14.0. The molecule has 1 aliphatic heterocycles. The number of anilines is 1. The van der Waals surface area contributed by atoms with Crippen LogP contribution in [0.2, 0.25) is 0 Å². The van der Waals surface area contributed by atoms with Crippen molar-refractivity contribution in [3.05, 3.63) is 100 Å². The van der Waals surface area contributed by atoms with Crippen LogP contribution in [-0.2, 0) is 11.2 Å². The van der Waals surface area contributed by atoms with Gasteiger partial charge >= 0.3 is 0 Å². The predicted molar refractivity (Wildman–Crippen MR) is 114 cm³/mol. The van der Waals surface area contributed by atoms with Crippen molar-refractivity contribution in [3.63, 3.8) is 0 Å². The number of fused-ring (bicyclic) bond motifs is 1. The Labute approximate surface area is 176 Å². The Kier molecular flexibility index (Phi) is 5.27. The Hall–Kier alpha value is -3.25. The third-order valence-corrected chi connectivity index (χ3v) is 5.30. The summed E-state index contributed by atoms with van der Waals surface area (Å²) >= 11 is 3.38. The topological polar surface area (TPSA) is 66.5 Å². The van der Waals surface area contributed by atoms with Gasteiger partial charge in [0, 0.05) is 16.6 Å². The zero-order valence-electron chi connectivity index (χ0n) is 15.3. The van der Waals surface area contributed by atoms with Crippen LogP contribution in [0.3, 0.4) is 0 Å². The summed E-state index contributed by atoms with van der Waals surface area (Å²) in [5, 5.41) is 2.83. The molecule has 1 N–H and O–H groups in total. The van der Waals surface area contributed by atoms with Gasteiger partial charge in [0.2, 0.25) is 5.91 Å². The molecule has 0 aromatic heterocycles. The van der Waals surface area contributed by atoms with Crippen molar-refractivity contribution in [3.8, 4) is 0 Å². The van der Waals surface area contributed by atoms with Crippen LogP contribution in [0.15, 0.2) is 83.3 Å². The summed E-state index contributed by atoms with van der Waals surface area (Å²) in [5.74, 6) is -1.31. The van der Waals surface area contributed by atoms with E-state index in [9.17, 15) is 14.4 Å². The van der Waals surface area contributed by atoms with E-state index < -0.39 is 23.8 Å². The molecular weight excluding hydrogens is 432 g/mol. The number of amides is 3. The quantitative estimate of drug-likeness (QED) is 0.591. The van der Waals surface area contributed by atoms with Crippen molar-refractivity contribution in [1.29, 1.82) is 0 Å². The number of halogens is 1. The third-order valence-electron chi connectivity index (χ3n) is 4.80. The number of hydrogen-bond acceptors (Lipinski definition) is 3. The van der Waals surface area contributed by atoms with Crippen molar-refractivity contribution in [1.82, 2.24) is 4.90 Å². The lowest BCUT2D eigenvalue weighted by Crippen LogP contribution is -2.48. The van der Waals surface area contributed by atoms with Crippen LogP contribution in [0, 0.1) is 0 Å². The number of carbonyl (C=O) groups is 3. The molecule has 0 saturated carbocycles. The standard InChI is InChI=1S/C23H17BrN2O3/c24-16-9-6-10-17(14-16)25-21(27)20(13-15-7-2-1-3-8-15)26-22(28)18-11-4-5-12-19(18)23(26)29/h1-12,14,20H,13H2,(H,25,27)/t20-/m1/s1. The molecule has 3 amide bonds. The number of nitrogens with one attached hydrogen (secondary N) is 1. The van der Waals surface area contributed by atoms with E-state index in [2.05, 4.69) is 21.2 Å². The number of hydrogen-bond donors (Lipinski definition) is 1. The molecule has 3 aromatic carbocycles. The van der Waals surface area contributed by atoms with E-state index in [0.29, 0.717) is 16.8 Å². The van der Waals surface area contributed by atoms with Gasteiger partial charge in [0.15, 0.2) is 0 Å². The molecule has 6 heteroatoms. The van der Waals surface area contributed by atoms with Crippen LogP contribution in [0.25, 0.3) is 0 Å². The van der Waals surface area contributed by atoms with Gasteiger partial charge in [-0.25, -0.2) is 0 Å². The third kappa shape index (κ3) is 3.84. The summed E-state index contributed by atoms with van der Waals surface area (Å²) in [6.07, 6.45) is 0.228. The molecule has 1 aliphatic rings. The van der Waals surface area contributed by atoms with E-state index >= 15 is 0 Å². The first-order valence-corrected chi connectivity index (χ1v) is 9.91. The van der Waals surface area contributed by atoms with Crippen molar-refractivity contribution >= 4 is 39.3 Å². The van der Waals surface area contributed by atoms with Crippen LogP contribution in [-0.4, -0.2) is 28.7 Å². The molecule has 4 rings (SSSR count). The van der Waals surface area contributed by atoms with E-state index in [0.717, 1.165) is 14.9 Å². The molecule has 1 atom stereocenters. The molecule has 0 unspecified atom stereocenters. The molecule has 3 aromatic rings. The maximum Gasteiger partial charge on any atom is 0.262 e. The number of nitrogens with zero attached hydrogens (tertiary/aromatic N) is 1. The fourth-order valence-electron chi connectivity index (χ4n) is 3.42. The van der Waals surface area contributed by atoms with E-state index in [1.807, 2.05) is 36.4 Å². The van der Waals surface area contributed by atoms with E-state index in [1.54, 1.807) is 42.5 Å². The van der Waals surface area contributed by atoms with E-state index in [-0.39, 0.29) is 6.42 Å². The van der Waals surface area contributed by atoms with Gasteiger partial charge in [0.05, 0.1) is 11.1 Å². The van der Waals surface area contributed by atoms with Gasteiger partial charge in [0.1, 0.15) is 6.04 Å². The highest BCUT2D eigenvalue weighted by atomic mass is 79.9. The fourth-order valence-corrected chi connectivity index (χ4v) is 3.82. The Balaban J connectivity index is 1.68. The molecule has 29 heavy (non-hydrogen) atoms. The smallest absolute Gasteiger partial charge is 0.262 e. The second kappa shape index (κ2) is 8.01. The summed E-state index contributed by atoms with van der Waals surface area (Å²) in [5.41, 5.74) is 2.09. The zero-order valence-corrected chi connectivity index (χ0v) is 16.9. The largest absolute Gasteiger partial charge is 0.324 e. The summed E-state index contributed by atoms with van der Waals surface area (Å²) < 4.78 is 0.815. The lowest BCUT2D eigenvalue weighted by Gasteiger charge is -2.25. The summed E-state index contributed by atoms with van der Waals surface area (Å²) in [4.78, 5) is 40.2. The van der Waals surface area contributed by atoms with Crippen LogP contribution >= 0.6 is 15.9 Å². The number of rotatable bonds is 5. The molecule has 0 spiro atoms. The molecule has 0 bridgehead atoms. The maximum absolute atomic E-state index is 13.2. The van der Waals surface area contributed by atoms with Gasteiger partial charge in [-0.2, -0.15) is 0 Å². The molecule has 0 aliphatic carbocycles. The minimum Gasteiger partial charge on any atom is -0.324 e. The van der Waals surface area contributed by atoms with Gasteiger partial charge < -0.3 is 5.32 Å². The van der Waals surface area contributed by atoms with Gasteiger partial charge in [-0.05, 0) is 35.9 Å². The first-order valence-electron chi connectivity index (χ1n) is 9.12. The SMILES string of the molecule is O=C(Nc1cccc(Br)c1)[C@@H](Cc1ccccc1)N1C(=O)c2ccccc2C1=O. The number of imide groups is 1. The van der Waals surface area contributed by atoms with Gasteiger partial charge in [-0.3, -0.25) is 19.3 Å². The van der Waals surface area contributed by atoms with Gasteiger partial charge in [-0.1, -0.05) is 64.5 Å². The van der Waals surface area contributed by atoms with Crippen LogP contribution in [0.1, 0.15) is 26.3 Å². The zero-order chi connectivity index (χ0) is 20.4. The summed E-state index contributed by atoms with van der Waals surface area (Å²) in [7, 11) is 0. The second-order valence-corrected chi connectivity index (χ2v) is 7.65. The van der Waals surface area contributed by atoms with Crippen LogP contribution < -0.4 is 5.32 Å². The average Bonchev–Trinajstić information content (AvgIpc) is 2.98. The van der Waals surface area contributed by atoms with E-state index in [1.165, 1.54) is 0 Å². The monoisotopic (exact) mass is 448 g/mol. The van der Waals surface area contributed by atoms with Crippen LogP contribution in [0.5, 0.6) is 0 Å². The van der Waals surface area contributed by atoms with E-state index in [4.69, 9.17) is 0 Å². The fraction of sp³-hybridized carbons (Fsp3) is 0.0870. The molecule has 0 radical (unpaired) electrons. The predicted octanol–water partition coefficient (Wildman–Crippen LogP) is 4.30. The Morgan fingerprint density at radius 3 is 2.10 bits per heavy atom. The highest BCUT2D eigenvalue weighted by Gasteiger charge is 2.42. The first kappa shape index (κ1) is 19.1. The number of carbonyl (C=O) groups excluding carboxylic acids is 3. The Morgan fingerprint density at radius 2 is 1.48 bits per heavy atom. The minimum absolute atomic E-state index is 0.228. The molecule has 144 valence electrons. The molecular formula is C23H17BrN2O3. The van der Waals surface area contributed by atoms with Gasteiger partial charge in [-0.15, -0.1) is 0 Å². The number of benzene rings is 3. The molecule has 0 saturated heterocycles. The summed E-state index contributed by atoms with van der Waals surface area (Å²) in [6.45, 7) is 0. The van der Waals surface area contributed by atoms with Crippen molar-refractivity contribution in [2.75, 3.05) is 5.32 Å². The normalized spacial score (nSPS) is 13.9. The van der Waals surface area contributed by atoms with Crippen molar-refractivity contribution in [2.45, 2.75) is 12.5 Å². The highest BCUT2D eigenvalue weighted by Crippen LogP contribution is 2.27. The second-order valence-electron chi connectivity index (χ2n) is 6.73. The highest BCUT2D eigenvalue weighted by molar-refractivity contribution is 9.10. The van der Waals surface area contributed by atoms with Crippen molar-refractivity contribution < 1.29 is 14.4 Å². The average molecular weight is 449 g/mol. The van der Waals surface area contributed by atoms with Crippen LogP contribution in [0.4, 0.5) is 5.69 Å². The van der Waals surface area contributed by atoms with Gasteiger partial charge in [0.25, 0.3) is 11.8 Å². The van der Waals surface area contributed by atoms with Crippen molar-refractivity contribution in [2.24, 2.45) is 0 Å². The lowest BCUT2D eigenvalue weighted by molar-refractivity contribution is -0.119. The maximum atomic E-state index is 13.2. The summed E-state index contributed by atoms with van der Waals surface area (Å²) in [6, 6.07) is 22.2. The lowest BCUT2D eigenvalue weighted by atomic mass is 10.0. The molecule has 0 fully saturated rings. The Morgan fingerprint density at radius 1 is 0.862 bits per heavy atom. The minimum atomic E-state index is -0.969. The molecule has 1 heterocycles. The Bertz CT molecular complexity index is 1060.